The molecule has 23 heavy (non-hydrogen) atoms. The summed E-state index contributed by atoms with van der Waals surface area (Å²) in [5.41, 5.74) is 4.66. The molecule has 0 aliphatic heterocycles. The minimum absolute atomic E-state index is 0.111. The molecule has 0 aliphatic rings. The maximum atomic E-state index is 13.5. The summed E-state index contributed by atoms with van der Waals surface area (Å²) in [6.45, 7) is -1.61. The third-order valence-corrected chi connectivity index (χ3v) is 2.87. The van der Waals surface area contributed by atoms with Gasteiger partial charge in [-0.1, -0.05) is 0 Å². The SMILES string of the molecule is CNc1cn(C(CC(F)F)/C(=C/N)N(N)CC(F)(F)F)nc1F. The summed E-state index contributed by atoms with van der Waals surface area (Å²) in [7, 11) is 1.37. The quantitative estimate of drug-likeness (QED) is 0.398. The van der Waals surface area contributed by atoms with E-state index in [-0.39, 0.29) is 10.7 Å². The maximum Gasteiger partial charge on any atom is 0.407 e. The molecule has 0 fully saturated rings. The van der Waals surface area contributed by atoms with E-state index in [9.17, 15) is 26.3 Å². The summed E-state index contributed by atoms with van der Waals surface area (Å²) in [5.74, 6) is 4.28. The molecule has 1 aromatic heterocycles. The number of nitrogens with zero attached hydrogens (tertiary/aromatic N) is 3. The van der Waals surface area contributed by atoms with E-state index in [1.165, 1.54) is 7.05 Å². The minimum atomic E-state index is -4.68. The first-order valence-corrected chi connectivity index (χ1v) is 6.30. The zero-order valence-electron chi connectivity index (χ0n) is 12.0. The predicted molar refractivity (Wildman–Crippen MR) is 70.6 cm³/mol. The van der Waals surface area contributed by atoms with Gasteiger partial charge in [0.05, 0.1) is 11.9 Å². The van der Waals surface area contributed by atoms with Crippen molar-refractivity contribution in [1.29, 1.82) is 0 Å². The number of hydrazine groups is 1. The minimum Gasteiger partial charge on any atom is -0.403 e. The van der Waals surface area contributed by atoms with E-state index < -0.39 is 43.3 Å². The first-order valence-electron chi connectivity index (χ1n) is 6.30. The Hall–Kier alpha value is -2.11. The van der Waals surface area contributed by atoms with Crippen LogP contribution in [0.3, 0.4) is 0 Å². The molecule has 1 unspecified atom stereocenters. The molecule has 6 nitrogen and oxygen atoms in total. The number of hydrogen-bond acceptors (Lipinski definition) is 5. The van der Waals surface area contributed by atoms with Crippen LogP contribution in [0.15, 0.2) is 18.1 Å². The van der Waals surface area contributed by atoms with Crippen molar-refractivity contribution in [3.63, 3.8) is 0 Å². The van der Waals surface area contributed by atoms with E-state index in [1.807, 2.05) is 0 Å². The van der Waals surface area contributed by atoms with Gasteiger partial charge >= 0.3 is 6.18 Å². The number of anilines is 1. The van der Waals surface area contributed by atoms with Crippen LogP contribution in [0.2, 0.25) is 0 Å². The fourth-order valence-corrected chi connectivity index (χ4v) is 1.91. The fraction of sp³-hybridized carbons (Fsp3) is 0.545. The molecule has 0 aliphatic carbocycles. The van der Waals surface area contributed by atoms with E-state index in [0.717, 1.165) is 10.9 Å². The van der Waals surface area contributed by atoms with E-state index in [0.29, 0.717) is 6.20 Å². The Balaban J connectivity index is 3.17. The van der Waals surface area contributed by atoms with Crippen molar-refractivity contribution < 1.29 is 26.3 Å². The van der Waals surface area contributed by atoms with Crippen molar-refractivity contribution in [3.05, 3.63) is 24.0 Å². The molecule has 0 bridgehead atoms. The van der Waals surface area contributed by atoms with Crippen LogP contribution in [0, 0.1) is 5.95 Å². The highest BCUT2D eigenvalue weighted by Gasteiger charge is 2.34. The van der Waals surface area contributed by atoms with Crippen molar-refractivity contribution >= 4 is 5.69 Å². The van der Waals surface area contributed by atoms with Gasteiger partial charge in [-0.15, -0.1) is 5.10 Å². The highest BCUT2D eigenvalue weighted by Crippen LogP contribution is 2.29. The lowest BCUT2D eigenvalue weighted by molar-refractivity contribution is -0.143. The smallest absolute Gasteiger partial charge is 0.403 e. The Morgan fingerprint density at radius 1 is 1.48 bits per heavy atom. The second-order valence-electron chi connectivity index (χ2n) is 4.54. The molecule has 5 N–H and O–H groups in total. The van der Waals surface area contributed by atoms with Gasteiger partial charge in [-0.2, -0.15) is 17.6 Å². The molecular formula is C11H16F6N6. The number of alkyl halides is 5. The van der Waals surface area contributed by atoms with Crippen LogP contribution < -0.4 is 16.9 Å². The molecule has 132 valence electrons. The number of aromatic nitrogens is 2. The van der Waals surface area contributed by atoms with Gasteiger partial charge in [0.15, 0.2) is 0 Å². The lowest BCUT2D eigenvalue weighted by atomic mass is 10.1. The largest absolute Gasteiger partial charge is 0.407 e. The van der Waals surface area contributed by atoms with Crippen LogP contribution in [-0.4, -0.2) is 41.0 Å². The molecule has 1 aromatic rings. The average Bonchev–Trinajstić information content (AvgIpc) is 2.77. The van der Waals surface area contributed by atoms with Crippen LogP contribution in [0.4, 0.5) is 32.0 Å². The number of rotatable bonds is 7. The Bertz CT molecular complexity index is 540. The molecule has 0 amide bonds. The molecule has 12 heteroatoms. The van der Waals surface area contributed by atoms with Gasteiger partial charge in [-0.25, -0.2) is 14.6 Å². The summed E-state index contributed by atoms with van der Waals surface area (Å²) in [5, 5.41) is 5.99. The van der Waals surface area contributed by atoms with Gasteiger partial charge < -0.3 is 16.1 Å². The molecule has 0 spiro atoms. The standard InChI is InChI=1S/C11H16F6N6/c1-20-6-4-23(21-10(6)14)7(2-9(12)13)8(3-18)22(19)5-11(15,16)17/h3-4,7,9,20H,2,5,18-19H2,1H3/b8-3-. The van der Waals surface area contributed by atoms with Gasteiger partial charge in [0.2, 0.25) is 6.43 Å². The van der Waals surface area contributed by atoms with Crippen LogP contribution in [0.1, 0.15) is 12.5 Å². The van der Waals surface area contributed by atoms with Crippen molar-refractivity contribution in [2.24, 2.45) is 11.6 Å². The highest BCUT2D eigenvalue weighted by molar-refractivity contribution is 5.39. The normalized spacial score (nSPS) is 14.2. The third kappa shape index (κ3) is 5.23. The molecular weight excluding hydrogens is 330 g/mol. The zero-order chi connectivity index (χ0) is 17.8. The Morgan fingerprint density at radius 3 is 2.48 bits per heavy atom. The number of nitrogens with one attached hydrogen (secondary N) is 1. The number of halogens is 6. The van der Waals surface area contributed by atoms with Crippen molar-refractivity contribution in [2.75, 3.05) is 18.9 Å². The fourth-order valence-electron chi connectivity index (χ4n) is 1.91. The predicted octanol–water partition coefficient (Wildman–Crippen LogP) is 1.80. The van der Waals surface area contributed by atoms with Crippen molar-refractivity contribution in [1.82, 2.24) is 14.8 Å². The van der Waals surface area contributed by atoms with Gasteiger partial charge in [0.1, 0.15) is 18.3 Å². The van der Waals surface area contributed by atoms with Crippen LogP contribution in [0.5, 0.6) is 0 Å². The van der Waals surface area contributed by atoms with Crippen LogP contribution >= 0.6 is 0 Å². The topological polar surface area (TPSA) is 85.1 Å². The summed E-state index contributed by atoms with van der Waals surface area (Å²) in [6, 6.07) is -1.47. The highest BCUT2D eigenvalue weighted by atomic mass is 19.4. The Morgan fingerprint density at radius 2 is 2.09 bits per heavy atom. The first kappa shape index (κ1) is 18.9. The molecule has 1 heterocycles. The van der Waals surface area contributed by atoms with E-state index in [4.69, 9.17) is 11.6 Å². The number of allylic oxidation sites excluding steroid dienone is 1. The molecule has 0 saturated carbocycles. The summed E-state index contributed by atoms with van der Waals surface area (Å²) < 4.78 is 77.0. The monoisotopic (exact) mass is 346 g/mol. The van der Waals surface area contributed by atoms with Gasteiger partial charge in [0, 0.05) is 19.7 Å². The van der Waals surface area contributed by atoms with Gasteiger partial charge in [-0.3, -0.25) is 4.68 Å². The maximum absolute atomic E-state index is 13.5. The summed E-state index contributed by atoms with van der Waals surface area (Å²) in [4.78, 5) is 0. The summed E-state index contributed by atoms with van der Waals surface area (Å²) >= 11 is 0. The lowest BCUT2D eigenvalue weighted by Crippen LogP contribution is -2.42. The molecule has 1 rings (SSSR count). The third-order valence-electron chi connectivity index (χ3n) is 2.87. The van der Waals surface area contributed by atoms with Crippen molar-refractivity contribution in [3.8, 4) is 0 Å². The van der Waals surface area contributed by atoms with E-state index >= 15 is 0 Å². The van der Waals surface area contributed by atoms with Gasteiger partial charge in [0.25, 0.3) is 5.95 Å². The molecule has 1 atom stereocenters. The molecule has 0 aromatic carbocycles. The van der Waals surface area contributed by atoms with Crippen LogP contribution in [0.25, 0.3) is 0 Å². The zero-order valence-corrected chi connectivity index (χ0v) is 12.0. The number of nitrogens with two attached hydrogens (primary N) is 2. The average molecular weight is 346 g/mol. The Labute approximate surface area is 127 Å². The van der Waals surface area contributed by atoms with Crippen LogP contribution in [-0.2, 0) is 0 Å². The van der Waals surface area contributed by atoms with E-state index in [2.05, 4.69) is 10.4 Å². The van der Waals surface area contributed by atoms with Gasteiger partial charge in [-0.05, 0) is 0 Å². The molecule has 0 radical (unpaired) electrons. The molecule has 0 saturated heterocycles. The second kappa shape index (κ2) is 7.44. The van der Waals surface area contributed by atoms with Crippen molar-refractivity contribution in [2.45, 2.75) is 25.1 Å². The first-order chi connectivity index (χ1) is 10.6. The summed E-state index contributed by atoms with van der Waals surface area (Å²) in [6.07, 6.45) is -6.83. The number of hydrogen-bond donors (Lipinski definition) is 3. The lowest BCUT2D eigenvalue weighted by Gasteiger charge is -2.29. The second-order valence-corrected chi connectivity index (χ2v) is 4.54. The van der Waals surface area contributed by atoms with E-state index in [1.54, 1.807) is 0 Å². The Kier molecular flexibility index (Phi) is 6.12.